The van der Waals surface area contributed by atoms with Gasteiger partial charge in [0, 0.05) is 25.4 Å². The van der Waals surface area contributed by atoms with Crippen LogP contribution in [-0.2, 0) is 9.53 Å². The fourth-order valence-corrected chi connectivity index (χ4v) is 1.29. The van der Waals surface area contributed by atoms with Gasteiger partial charge in [0.05, 0.1) is 13.2 Å². The summed E-state index contributed by atoms with van der Waals surface area (Å²) < 4.78 is 4.82. The Bertz CT molecular complexity index is 408. The number of aromatic nitrogens is 1. The second-order valence-corrected chi connectivity index (χ2v) is 3.93. The lowest BCUT2D eigenvalue weighted by Gasteiger charge is -2.07. The van der Waals surface area contributed by atoms with E-state index in [0.29, 0.717) is 29.5 Å². The van der Waals surface area contributed by atoms with Crippen molar-refractivity contribution in [3.8, 4) is 0 Å². The summed E-state index contributed by atoms with van der Waals surface area (Å²) in [6.07, 6.45) is 1.56. The first kappa shape index (κ1) is 14.3. The number of rotatable bonds is 7. The van der Waals surface area contributed by atoms with Crippen LogP contribution in [0.25, 0.3) is 0 Å². The first-order valence-electron chi connectivity index (χ1n) is 5.39. The summed E-state index contributed by atoms with van der Waals surface area (Å²) in [5.74, 6) is 0.476. The lowest BCUT2D eigenvalue weighted by Crippen LogP contribution is -2.32. The molecule has 0 saturated carbocycles. The first-order valence-corrected chi connectivity index (χ1v) is 5.79. The van der Waals surface area contributed by atoms with Crippen LogP contribution in [0.3, 0.4) is 0 Å². The van der Waals surface area contributed by atoms with E-state index < -0.39 is 0 Å². The quantitative estimate of drug-likeness (QED) is 0.472. The van der Waals surface area contributed by atoms with E-state index in [2.05, 4.69) is 15.6 Å². The number of thiocarbonyl (C=S) groups is 1. The molecule has 4 N–H and O–H groups in total. The number of pyridine rings is 1. The summed E-state index contributed by atoms with van der Waals surface area (Å²) in [5.41, 5.74) is 6.14. The van der Waals surface area contributed by atoms with Crippen LogP contribution in [0.15, 0.2) is 18.3 Å². The zero-order valence-electron chi connectivity index (χ0n) is 10.1. The zero-order valence-corrected chi connectivity index (χ0v) is 10.9. The Balaban J connectivity index is 2.34. The number of hydrogen-bond donors (Lipinski definition) is 3. The number of amides is 1. The molecule has 0 saturated heterocycles. The van der Waals surface area contributed by atoms with Gasteiger partial charge in [0.25, 0.3) is 0 Å². The van der Waals surface area contributed by atoms with Crippen molar-refractivity contribution in [3.05, 3.63) is 23.9 Å². The molecule has 1 aromatic rings. The molecule has 0 fully saturated rings. The van der Waals surface area contributed by atoms with Crippen molar-refractivity contribution in [2.45, 2.75) is 0 Å². The number of carbonyl (C=O) groups is 1. The molecular formula is C11H16N4O2S. The number of ether oxygens (including phenoxy) is 1. The average Bonchev–Trinajstić information content (AvgIpc) is 2.37. The van der Waals surface area contributed by atoms with Gasteiger partial charge >= 0.3 is 0 Å². The Labute approximate surface area is 111 Å². The number of anilines is 1. The number of hydrogen-bond acceptors (Lipinski definition) is 5. The molecular weight excluding hydrogens is 252 g/mol. The smallest absolute Gasteiger partial charge is 0.239 e. The molecule has 1 amide bonds. The minimum atomic E-state index is -0.118. The summed E-state index contributed by atoms with van der Waals surface area (Å²) in [5, 5.41) is 5.58. The molecule has 1 heterocycles. The van der Waals surface area contributed by atoms with Crippen LogP contribution in [0.2, 0.25) is 0 Å². The van der Waals surface area contributed by atoms with Crippen LogP contribution in [0.5, 0.6) is 0 Å². The molecule has 6 nitrogen and oxygen atoms in total. The van der Waals surface area contributed by atoms with Crippen LogP contribution < -0.4 is 16.4 Å². The third kappa shape index (κ3) is 5.07. The molecule has 0 radical (unpaired) electrons. The number of nitrogens with two attached hydrogens (primary N) is 1. The van der Waals surface area contributed by atoms with Gasteiger partial charge in [-0.05, 0) is 12.1 Å². The molecule has 7 heteroatoms. The minimum Gasteiger partial charge on any atom is -0.389 e. The van der Waals surface area contributed by atoms with E-state index in [1.165, 1.54) is 0 Å². The maximum Gasteiger partial charge on any atom is 0.239 e. The van der Waals surface area contributed by atoms with E-state index in [1.54, 1.807) is 25.4 Å². The summed E-state index contributed by atoms with van der Waals surface area (Å²) in [6, 6.07) is 3.47. The standard InChI is InChI=1S/C11H16N4O2S/c1-17-5-4-13-10(16)7-15-9-3-2-8(6-14-9)11(12)18/h2-3,6H,4-5,7H2,1H3,(H2,12,18)(H,13,16)(H,14,15). The highest BCUT2D eigenvalue weighted by Gasteiger charge is 2.02. The number of carbonyl (C=O) groups excluding carboxylic acids is 1. The van der Waals surface area contributed by atoms with Crippen molar-refractivity contribution in [2.75, 3.05) is 32.1 Å². The molecule has 18 heavy (non-hydrogen) atoms. The van der Waals surface area contributed by atoms with Gasteiger partial charge in [-0.2, -0.15) is 0 Å². The molecule has 0 atom stereocenters. The number of nitrogens with one attached hydrogen (secondary N) is 2. The Morgan fingerprint density at radius 3 is 2.89 bits per heavy atom. The van der Waals surface area contributed by atoms with Crippen LogP contribution in [0.1, 0.15) is 5.56 Å². The van der Waals surface area contributed by atoms with Crippen molar-refractivity contribution in [1.29, 1.82) is 0 Å². The predicted molar refractivity (Wildman–Crippen MR) is 73.5 cm³/mol. The van der Waals surface area contributed by atoms with E-state index in [0.717, 1.165) is 0 Å². The van der Waals surface area contributed by atoms with Crippen LogP contribution >= 0.6 is 12.2 Å². The lowest BCUT2D eigenvalue weighted by atomic mass is 10.3. The second kappa shape index (κ2) is 7.57. The fourth-order valence-electron chi connectivity index (χ4n) is 1.17. The topological polar surface area (TPSA) is 89.3 Å². The maximum atomic E-state index is 11.4. The van der Waals surface area contributed by atoms with Gasteiger partial charge in [0.15, 0.2) is 0 Å². The highest BCUT2D eigenvalue weighted by Crippen LogP contribution is 2.04. The van der Waals surface area contributed by atoms with E-state index in [4.69, 9.17) is 22.7 Å². The van der Waals surface area contributed by atoms with Gasteiger partial charge < -0.3 is 21.1 Å². The summed E-state index contributed by atoms with van der Waals surface area (Å²) >= 11 is 4.81. The van der Waals surface area contributed by atoms with Crippen molar-refractivity contribution in [2.24, 2.45) is 5.73 Å². The van der Waals surface area contributed by atoms with Gasteiger partial charge in [-0.25, -0.2) is 4.98 Å². The Hall–Kier alpha value is -1.73. The molecule has 0 spiro atoms. The Morgan fingerprint density at radius 1 is 1.56 bits per heavy atom. The molecule has 0 unspecified atom stereocenters. The number of nitrogens with zero attached hydrogens (tertiary/aromatic N) is 1. The zero-order chi connectivity index (χ0) is 13.4. The molecule has 0 aromatic carbocycles. The van der Waals surface area contributed by atoms with Gasteiger partial charge in [0.1, 0.15) is 10.8 Å². The SMILES string of the molecule is COCCNC(=O)CNc1ccc(C(N)=S)cn1. The highest BCUT2D eigenvalue weighted by atomic mass is 32.1. The molecule has 1 rings (SSSR count). The normalized spacial score (nSPS) is 9.83. The van der Waals surface area contributed by atoms with E-state index in [9.17, 15) is 4.79 Å². The van der Waals surface area contributed by atoms with E-state index >= 15 is 0 Å². The molecule has 0 bridgehead atoms. The van der Waals surface area contributed by atoms with Gasteiger partial charge in [-0.15, -0.1) is 0 Å². The molecule has 0 aliphatic heterocycles. The molecule has 98 valence electrons. The maximum absolute atomic E-state index is 11.4. The molecule has 0 aliphatic rings. The highest BCUT2D eigenvalue weighted by molar-refractivity contribution is 7.80. The van der Waals surface area contributed by atoms with E-state index in [-0.39, 0.29) is 12.5 Å². The number of methoxy groups -OCH3 is 1. The van der Waals surface area contributed by atoms with Crippen LogP contribution in [0.4, 0.5) is 5.82 Å². The van der Waals surface area contributed by atoms with Gasteiger partial charge in [-0.3, -0.25) is 4.79 Å². The van der Waals surface area contributed by atoms with Gasteiger partial charge in [0.2, 0.25) is 5.91 Å². The van der Waals surface area contributed by atoms with Crippen molar-refractivity contribution in [3.63, 3.8) is 0 Å². The van der Waals surface area contributed by atoms with Crippen LogP contribution in [0, 0.1) is 0 Å². The van der Waals surface area contributed by atoms with Crippen molar-refractivity contribution < 1.29 is 9.53 Å². The minimum absolute atomic E-state index is 0.118. The summed E-state index contributed by atoms with van der Waals surface area (Å²) in [6.45, 7) is 1.14. The first-order chi connectivity index (χ1) is 8.63. The monoisotopic (exact) mass is 268 g/mol. The predicted octanol–water partition coefficient (Wildman–Crippen LogP) is -0.110. The fraction of sp³-hybridized carbons (Fsp3) is 0.364. The van der Waals surface area contributed by atoms with Crippen molar-refractivity contribution >= 4 is 28.9 Å². The van der Waals surface area contributed by atoms with Gasteiger partial charge in [-0.1, -0.05) is 12.2 Å². The Kier molecular flexibility index (Phi) is 6.03. The van der Waals surface area contributed by atoms with Crippen LogP contribution in [-0.4, -0.2) is 42.7 Å². The largest absolute Gasteiger partial charge is 0.389 e. The molecule has 0 aliphatic carbocycles. The third-order valence-corrected chi connectivity index (χ3v) is 2.34. The van der Waals surface area contributed by atoms with Crippen molar-refractivity contribution in [1.82, 2.24) is 10.3 Å². The molecule has 1 aromatic heterocycles. The second-order valence-electron chi connectivity index (χ2n) is 3.49. The summed E-state index contributed by atoms with van der Waals surface area (Å²) in [7, 11) is 1.58. The third-order valence-electron chi connectivity index (χ3n) is 2.11. The van der Waals surface area contributed by atoms with E-state index in [1.807, 2.05) is 0 Å². The lowest BCUT2D eigenvalue weighted by molar-refractivity contribution is -0.119. The Morgan fingerprint density at radius 2 is 2.33 bits per heavy atom. The summed E-state index contributed by atoms with van der Waals surface area (Å²) in [4.78, 5) is 15.8. The average molecular weight is 268 g/mol.